The van der Waals surface area contributed by atoms with E-state index in [2.05, 4.69) is 10.6 Å². The van der Waals surface area contributed by atoms with Gasteiger partial charge in [-0.2, -0.15) is 0 Å². The lowest BCUT2D eigenvalue weighted by Gasteiger charge is -2.16. The molecule has 0 bridgehead atoms. The van der Waals surface area contributed by atoms with Gasteiger partial charge in [-0.15, -0.1) is 0 Å². The zero-order chi connectivity index (χ0) is 16.8. The van der Waals surface area contributed by atoms with E-state index in [1.165, 1.54) is 18.2 Å². The number of amides is 1. The summed E-state index contributed by atoms with van der Waals surface area (Å²) in [4.78, 5) is 12.1. The van der Waals surface area contributed by atoms with Gasteiger partial charge >= 0.3 is 0 Å². The molecule has 0 saturated carbocycles. The SMILES string of the molecule is CCOc1ccc(N[C@H](C)C(=O)Nc2cc(Cl)ccc2F)cc1. The molecule has 0 aromatic heterocycles. The standard InChI is InChI=1S/C17H18ClFN2O2/c1-3-23-14-7-5-13(6-8-14)20-11(2)17(22)21-16-10-12(18)4-9-15(16)19/h4-11,20H,3H2,1-2H3,(H,21,22)/t11-/m1/s1. The molecule has 1 amide bonds. The second-order valence-electron chi connectivity index (χ2n) is 4.94. The fourth-order valence-electron chi connectivity index (χ4n) is 1.96. The monoisotopic (exact) mass is 336 g/mol. The summed E-state index contributed by atoms with van der Waals surface area (Å²) in [5.74, 6) is -0.132. The lowest BCUT2D eigenvalue weighted by molar-refractivity contribution is -0.116. The van der Waals surface area contributed by atoms with Crippen LogP contribution in [0.2, 0.25) is 5.02 Å². The van der Waals surface area contributed by atoms with Crippen LogP contribution < -0.4 is 15.4 Å². The zero-order valence-corrected chi connectivity index (χ0v) is 13.7. The summed E-state index contributed by atoms with van der Waals surface area (Å²) in [6.07, 6.45) is 0. The molecule has 2 aromatic rings. The molecule has 122 valence electrons. The van der Waals surface area contributed by atoms with E-state index < -0.39 is 11.9 Å². The maximum Gasteiger partial charge on any atom is 0.246 e. The van der Waals surface area contributed by atoms with E-state index in [0.717, 1.165) is 11.4 Å². The van der Waals surface area contributed by atoms with Crippen molar-refractivity contribution in [1.29, 1.82) is 0 Å². The van der Waals surface area contributed by atoms with Gasteiger partial charge in [0.25, 0.3) is 0 Å². The smallest absolute Gasteiger partial charge is 0.246 e. The van der Waals surface area contributed by atoms with Crippen LogP contribution in [0, 0.1) is 5.82 Å². The van der Waals surface area contributed by atoms with Crippen molar-refractivity contribution in [2.45, 2.75) is 19.9 Å². The Labute approximate surface area is 139 Å². The van der Waals surface area contributed by atoms with Gasteiger partial charge in [0.2, 0.25) is 5.91 Å². The van der Waals surface area contributed by atoms with Crippen LogP contribution in [0.5, 0.6) is 5.75 Å². The molecule has 0 aliphatic rings. The second-order valence-corrected chi connectivity index (χ2v) is 5.37. The third kappa shape index (κ3) is 4.86. The predicted octanol–water partition coefficient (Wildman–Crippen LogP) is 4.32. The van der Waals surface area contributed by atoms with E-state index in [1.807, 2.05) is 31.2 Å². The van der Waals surface area contributed by atoms with Crippen molar-refractivity contribution in [1.82, 2.24) is 0 Å². The minimum Gasteiger partial charge on any atom is -0.494 e. The van der Waals surface area contributed by atoms with Crippen molar-refractivity contribution >= 4 is 28.9 Å². The van der Waals surface area contributed by atoms with Gasteiger partial charge in [-0.1, -0.05) is 11.6 Å². The van der Waals surface area contributed by atoms with Gasteiger partial charge in [0.15, 0.2) is 0 Å². The second kappa shape index (κ2) is 7.83. The summed E-state index contributed by atoms with van der Waals surface area (Å²) in [5.41, 5.74) is 0.825. The minimum atomic E-state index is -0.550. The highest BCUT2D eigenvalue weighted by Gasteiger charge is 2.15. The van der Waals surface area contributed by atoms with Crippen molar-refractivity contribution < 1.29 is 13.9 Å². The molecule has 1 atom stereocenters. The number of rotatable bonds is 6. The summed E-state index contributed by atoms with van der Waals surface area (Å²) in [6.45, 7) is 4.19. The third-order valence-electron chi connectivity index (χ3n) is 3.13. The summed E-state index contributed by atoms with van der Waals surface area (Å²) in [7, 11) is 0. The van der Waals surface area contributed by atoms with Crippen molar-refractivity contribution in [2.75, 3.05) is 17.2 Å². The number of halogens is 2. The van der Waals surface area contributed by atoms with Gasteiger partial charge in [-0.25, -0.2) is 4.39 Å². The number of nitrogens with one attached hydrogen (secondary N) is 2. The Balaban J connectivity index is 1.98. The molecular weight excluding hydrogens is 319 g/mol. The van der Waals surface area contributed by atoms with Crippen LogP contribution in [0.1, 0.15) is 13.8 Å². The normalized spacial score (nSPS) is 11.7. The summed E-state index contributed by atoms with van der Waals surface area (Å²) >= 11 is 5.80. The molecule has 2 N–H and O–H groups in total. The maximum absolute atomic E-state index is 13.6. The first-order valence-corrected chi connectivity index (χ1v) is 7.62. The van der Waals surface area contributed by atoms with Crippen molar-refractivity contribution in [3.8, 4) is 5.75 Å². The molecule has 6 heteroatoms. The van der Waals surface area contributed by atoms with E-state index in [-0.39, 0.29) is 11.6 Å². The Bertz CT molecular complexity index is 677. The molecule has 2 rings (SSSR count). The number of benzene rings is 2. The number of hydrogen-bond donors (Lipinski definition) is 2. The van der Waals surface area contributed by atoms with Crippen LogP contribution in [-0.2, 0) is 4.79 Å². The average Bonchev–Trinajstić information content (AvgIpc) is 2.53. The molecule has 0 aliphatic carbocycles. The highest BCUT2D eigenvalue weighted by Crippen LogP contribution is 2.20. The van der Waals surface area contributed by atoms with Crippen LogP contribution in [0.25, 0.3) is 0 Å². The molecule has 0 saturated heterocycles. The van der Waals surface area contributed by atoms with Gasteiger partial charge in [0, 0.05) is 10.7 Å². The van der Waals surface area contributed by atoms with Crippen molar-refractivity contribution in [3.63, 3.8) is 0 Å². The minimum absolute atomic E-state index is 0.0582. The molecular formula is C17H18ClFN2O2. The molecule has 4 nitrogen and oxygen atoms in total. The number of hydrogen-bond acceptors (Lipinski definition) is 3. The lowest BCUT2D eigenvalue weighted by atomic mass is 10.2. The average molecular weight is 337 g/mol. The van der Waals surface area contributed by atoms with E-state index in [9.17, 15) is 9.18 Å². The lowest BCUT2D eigenvalue weighted by Crippen LogP contribution is -2.32. The summed E-state index contributed by atoms with van der Waals surface area (Å²) in [6, 6.07) is 10.7. The Morgan fingerprint density at radius 3 is 2.61 bits per heavy atom. The molecule has 23 heavy (non-hydrogen) atoms. The Kier molecular flexibility index (Phi) is 5.82. The Morgan fingerprint density at radius 2 is 1.96 bits per heavy atom. The first-order chi connectivity index (χ1) is 11.0. The predicted molar refractivity (Wildman–Crippen MR) is 90.7 cm³/mol. The van der Waals surface area contributed by atoms with Crippen molar-refractivity contribution in [2.24, 2.45) is 0 Å². The van der Waals surface area contributed by atoms with E-state index in [4.69, 9.17) is 16.3 Å². The van der Waals surface area contributed by atoms with Crippen LogP contribution in [0.15, 0.2) is 42.5 Å². The molecule has 0 fully saturated rings. The molecule has 0 spiro atoms. The molecule has 0 heterocycles. The van der Waals surface area contributed by atoms with E-state index in [0.29, 0.717) is 11.6 Å². The Morgan fingerprint density at radius 1 is 1.26 bits per heavy atom. The highest BCUT2D eigenvalue weighted by atomic mass is 35.5. The molecule has 0 radical (unpaired) electrons. The molecule has 2 aromatic carbocycles. The number of carbonyl (C=O) groups is 1. The Hall–Kier alpha value is -2.27. The van der Waals surface area contributed by atoms with Gasteiger partial charge in [0.05, 0.1) is 12.3 Å². The van der Waals surface area contributed by atoms with Crippen LogP contribution in [-0.4, -0.2) is 18.6 Å². The molecule has 0 aliphatic heterocycles. The van der Waals surface area contributed by atoms with Crippen LogP contribution in [0.4, 0.5) is 15.8 Å². The fraction of sp³-hybridized carbons (Fsp3) is 0.235. The topological polar surface area (TPSA) is 50.4 Å². The number of ether oxygens (including phenoxy) is 1. The molecule has 0 unspecified atom stereocenters. The zero-order valence-electron chi connectivity index (χ0n) is 12.9. The first kappa shape index (κ1) is 17.1. The number of carbonyl (C=O) groups excluding carboxylic acids is 1. The van der Waals surface area contributed by atoms with Gasteiger partial charge in [0.1, 0.15) is 17.6 Å². The van der Waals surface area contributed by atoms with Gasteiger partial charge in [-0.3, -0.25) is 4.79 Å². The third-order valence-corrected chi connectivity index (χ3v) is 3.36. The number of anilines is 2. The summed E-state index contributed by atoms with van der Waals surface area (Å²) in [5, 5.41) is 5.91. The largest absolute Gasteiger partial charge is 0.494 e. The van der Waals surface area contributed by atoms with Crippen molar-refractivity contribution in [3.05, 3.63) is 53.3 Å². The van der Waals surface area contributed by atoms with E-state index in [1.54, 1.807) is 6.92 Å². The quantitative estimate of drug-likeness (QED) is 0.826. The van der Waals surface area contributed by atoms with Crippen LogP contribution >= 0.6 is 11.6 Å². The van der Waals surface area contributed by atoms with E-state index >= 15 is 0 Å². The van der Waals surface area contributed by atoms with Gasteiger partial charge < -0.3 is 15.4 Å². The summed E-state index contributed by atoms with van der Waals surface area (Å²) < 4.78 is 19.0. The van der Waals surface area contributed by atoms with Gasteiger partial charge in [-0.05, 0) is 56.3 Å². The first-order valence-electron chi connectivity index (χ1n) is 7.25. The maximum atomic E-state index is 13.6. The van der Waals surface area contributed by atoms with Crippen LogP contribution in [0.3, 0.4) is 0 Å². The highest BCUT2D eigenvalue weighted by molar-refractivity contribution is 6.30. The fourth-order valence-corrected chi connectivity index (χ4v) is 2.14.